The average Bonchev–Trinajstić information content (AvgIpc) is 3.11. The van der Waals surface area contributed by atoms with E-state index in [0.29, 0.717) is 33.5 Å². The Morgan fingerprint density at radius 2 is 2.00 bits per heavy atom. The van der Waals surface area contributed by atoms with Gasteiger partial charge >= 0.3 is 0 Å². The van der Waals surface area contributed by atoms with Gasteiger partial charge in [-0.05, 0) is 58.3 Å². The van der Waals surface area contributed by atoms with Gasteiger partial charge in [0.05, 0.1) is 16.8 Å². The maximum Gasteiger partial charge on any atom is 0.260 e. The van der Waals surface area contributed by atoms with Gasteiger partial charge in [0.15, 0.2) is 5.13 Å². The lowest BCUT2D eigenvalue weighted by molar-refractivity contribution is 0.0986. The minimum atomic E-state index is -0.0587. The van der Waals surface area contributed by atoms with Crippen molar-refractivity contribution in [2.75, 3.05) is 39.2 Å². The summed E-state index contributed by atoms with van der Waals surface area (Å²) >= 11 is 7.79. The van der Waals surface area contributed by atoms with E-state index >= 15 is 0 Å². The molecule has 7 heteroatoms. The summed E-state index contributed by atoms with van der Waals surface area (Å²) in [6.45, 7) is 3.44. The lowest BCUT2D eigenvalue weighted by Crippen LogP contribution is -2.33. The number of methoxy groups -OCH3 is 1. The number of aromatic nitrogens is 1. The van der Waals surface area contributed by atoms with Gasteiger partial charge in [-0.3, -0.25) is 9.69 Å². The SMILES string of the molecule is COc1ccc(Cl)c2sc(N(CCCN(C)C)C(=O)c3cccc(C)c3)nc12. The average molecular weight is 418 g/mol. The highest BCUT2D eigenvalue weighted by Gasteiger charge is 2.23. The number of hydrogen-bond donors (Lipinski definition) is 0. The number of rotatable bonds is 7. The number of fused-ring (bicyclic) bond motifs is 1. The van der Waals surface area contributed by atoms with E-state index in [0.717, 1.165) is 23.2 Å². The van der Waals surface area contributed by atoms with Gasteiger partial charge in [-0.1, -0.05) is 40.6 Å². The number of carbonyl (C=O) groups is 1. The molecule has 5 nitrogen and oxygen atoms in total. The first-order valence-electron chi connectivity index (χ1n) is 9.07. The number of amides is 1. The Labute approximate surface area is 174 Å². The quantitative estimate of drug-likeness (QED) is 0.550. The highest BCUT2D eigenvalue weighted by Crippen LogP contribution is 2.39. The third kappa shape index (κ3) is 4.46. The monoisotopic (exact) mass is 417 g/mol. The van der Waals surface area contributed by atoms with Crippen LogP contribution in [0.1, 0.15) is 22.3 Å². The number of halogens is 1. The maximum absolute atomic E-state index is 13.3. The fourth-order valence-corrected chi connectivity index (χ4v) is 4.26. The fraction of sp³-hybridized carbons (Fsp3) is 0.333. The normalized spacial score (nSPS) is 11.2. The minimum Gasteiger partial charge on any atom is -0.494 e. The van der Waals surface area contributed by atoms with Gasteiger partial charge in [-0.15, -0.1) is 0 Å². The van der Waals surface area contributed by atoms with Crippen LogP contribution in [0.25, 0.3) is 10.2 Å². The highest BCUT2D eigenvalue weighted by molar-refractivity contribution is 7.23. The molecule has 0 spiro atoms. The Morgan fingerprint density at radius 1 is 1.21 bits per heavy atom. The summed E-state index contributed by atoms with van der Waals surface area (Å²) in [5, 5.41) is 1.24. The van der Waals surface area contributed by atoms with Crippen LogP contribution in [0.2, 0.25) is 5.02 Å². The second kappa shape index (κ2) is 8.90. The third-order valence-electron chi connectivity index (χ3n) is 4.40. The van der Waals surface area contributed by atoms with Gasteiger partial charge in [0.2, 0.25) is 0 Å². The Hall–Kier alpha value is -2.15. The van der Waals surface area contributed by atoms with Crippen molar-refractivity contribution < 1.29 is 9.53 Å². The second-order valence-electron chi connectivity index (χ2n) is 6.91. The maximum atomic E-state index is 13.3. The van der Waals surface area contributed by atoms with Crippen LogP contribution in [-0.4, -0.2) is 50.1 Å². The summed E-state index contributed by atoms with van der Waals surface area (Å²) in [4.78, 5) is 21.9. The molecule has 0 fully saturated rings. The molecule has 1 heterocycles. The minimum absolute atomic E-state index is 0.0587. The molecular formula is C21H24ClN3O2S. The van der Waals surface area contributed by atoms with Gasteiger partial charge < -0.3 is 9.64 Å². The van der Waals surface area contributed by atoms with Crippen molar-refractivity contribution in [1.29, 1.82) is 0 Å². The summed E-state index contributed by atoms with van der Waals surface area (Å²) in [6, 6.07) is 11.2. The number of nitrogens with zero attached hydrogens (tertiary/aromatic N) is 3. The molecule has 2 aromatic carbocycles. The zero-order valence-electron chi connectivity index (χ0n) is 16.5. The molecule has 0 N–H and O–H groups in total. The first kappa shape index (κ1) is 20.6. The van der Waals surface area contributed by atoms with Crippen LogP contribution in [-0.2, 0) is 0 Å². The molecule has 0 atom stereocenters. The zero-order valence-corrected chi connectivity index (χ0v) is 18.1. The number of benzene rings is 2. The lowest BCUT2D eigenvalue weighted by atomic mass is 10.1. The van der Waals surface area contributed by atoms with Crippen molar-refractivity contribution in [1.82, 2.24) is 9.88 Å². The molecule has 0 aliphatic rings. The van der Waals surface area contributed by atoms with E-state index in [9.17, 15) is 4.79 Å². The zero-order chi connectivity index (χ0) is 20.3. The molecule has 1 amide bonds. The summed E-state index contributed by atoms with van der Waals surface area (Å²) in [6.07, 6.45) is 0.839. The predicted molar refractivity (Wildman–Crippen MR) is 117 cm³/mol. The second-order valence-corrected chi connectivity index (χ2v) is 8.29. The molecule has 3 aromatic rings. The summed E-state index contributed by atoms with van der Waals surface area (Å²) in [5.74, 6) is 0.592. The summed E-state index contributed by atoms with van der Waals surface area (Å²) in [5.41, 5.74) is 2.39. The van der Waals surface area contributed by atoms with Gasteiger partial charge in [-0.2, -0.15) is 0 Å². The van der Waals surface area contributed by atoms with Crippen LogP contribution < -0.4 is 9.64 Å². The number of aryl methyl sites for hydroxylation is 1. The standard InChI is InChI=1S/C21H24ClN3O2S/c1-14-7-5-8-15(13-14)20(26)25(12-6-11-24(2)3)21-23-18-17(27-4)10-9-16(22)19(18)28-21/h5,7-10,13H,6,11-12H2,1-4H3. The molecule has 0 unspecified atom stereocenters. The Kier molecular flexibility index (Phi) is 6.54. The van der Waals surface area contributed by atoms with Crippen LogP contribution in [0.3, 0.4) is 0 Å². The molecule has 148 valence electrons. The summed E-state index contributed by atoms with van der Waals surface area (Å²) < 4.78 is 6.25. The smallest absolute Gasteiger partial charge is 0.260 e. The van der Waals surface area contributed by atoms with Gasteiger partial charge in [0.25, 0.3) is 5.91 Å². The topological polar surface area (TPSA) is 45.7 Å². The van der Waals surface area contributed by atoms with Crippen LogP contribution in [0.4, 0.5) is 5.13 Å². The van der Waals surface area contributed by atoms with Crippen LogP contribution >= 0.6 is 22.9 Å². The van der Waals surface area contributed by atoms with E-state index in [1.54, 1.807) is 24.1 Å². The van der Waals surface area contributed by atoms with Crippen molar-refractivity contribution in [3.05, 3.63) is 52.5 Å². The first-order valence-corrected chi connectivity index (χ1v) is 10.3. The fourth-order valence-electron chi connectivity index (χ4n) is 2.98. The Balaban J connectivity index is 2.02. The lowest BCUT2D eigenvalue weighted by Gasteiger charge is -2.21. The molecule has 0 aliphatic carbocycles. The molecule has 3 rings (SSSR count). The van der Waals surface area contributed by atoms with Crippen molar-refractivity contribution in [3.8, 4) is 5.75 Å². The van der Waals surface area contributed by atoms with E-state index in [1.807, 2.05) is 45.3 Å². The molecular weight excluding hydrogens is 394 g/mol. The first-order chi connectivity index (χ1) is 13.4. The molecule has 0 saturated heterocycles. The number of anilines is 1. The number of thiazole rings is 1. The van der Waals surface area contributed by atoms with E-state index in [4.69, 9.17) is 21.3 Å². The molecule has 0 saturated carbocycles. The molecule has 0 aliphatic heterocycles. The molecule has 0 radical (unpaired) electrons. The van der Waals surface area contributed by atoms with Crippen molar-refractivity contribution >= 4 is 44.2 Å². The van der Waals surface area contributed by atoms with Crippen molar-refractivity contribution in [3.63, 3.8) is 0 Å². The van der Waals surface area contributed by atoms with E-state index in [-0.39, 0.29) is 5.91 Å². The van der Waals surface area contributed by atoms with E-state index in [1.165, 1.54) is 11.3 Å². The Bertz CT molecular complexity index is 987. The predicted octanol–water partition coefficient (Wildman–Crippen LogP) is 4.87. The van der Waals surface area contributed by atoms with E-state index in [2.05, 4.69) is 4.90 Å². The van der Waals surface area contributed by atoms with Gasteiger partial charge in [0.1, 0.15) is 11.3 Å². The number of hydrogen-bond acceptors (Lipinski definition) is 5. The largest absolute Gasteiger partial charge is 0.494 e. The van der Waals surface area contributed by atoms with E-state index < -0.39 is 0 Å². The highest BCUT2D eigenvalue weighted by atomic mass is 35.5. The molecule has 28 heavy (non-hydrogen) atoms. The van der Waals surface area contributed by atoms with Gasteiger partial charge in [0, 0.05) is 12.1 Å². The molecule has 0 bridgehead atoms. The van der Waals surface area contributed by atoms with Crippen LogP contribution in [0, 0.1) is 6.92 Å². The number of ether oxygens (including phenoxy) is 1. The van der Waals surface area contributed by atoms with Crippen molar-refractivity contribution in [2.45, 2.75) is 13.3 Å². The summed E-state index contributed by atoms with van der Waals surface area (Å²) in [7, 11) is 5.65. The van der Waals surface area contributed by atoms with Gasteiger partial charge in [-0.25, -0.2) is 4.98 Å². The molecule has 1 aromatic heterocycles. The Morgan fingerprint density at radius 3 is 2.68 bits per heavy atom. The van der Waals surface area contributed by atoms with Crippen molar-refractivity contribution in [2.24, 2.45) is 0 Å². The van der Waals surface area contributed by atoms with Crippen LogP contribution in [0.5, 0.6) is 5.75 Å². The third-order valence-corrected chi connectivity index (χ3v) is 5.93. The number of carbonyl (C=O) groups excluding carboxylic acids is 1. The van der Waals surface area contributed by atoms with Crippen LogP contribution in [0.15, 0.2) is 36.4 Å².